The van der Waals surface area contributed by atoms with E-state index in [2.05, 4.69) is 0 Å². The molecule has 1 aromatic carbocycles. The lowest BCUT2D eigenvalue weighted by Gasteiger charge is -2.15. The van der Waals surface area contributed by atoms with Crippen molar-refractivity contribution < 1.29 is 26.7 Å². The van der Waals surface area contributed by atoms with Crippen molar-refractivity contribution in [1.29, 1.82) is 0 Å². The van der Waals surface area contributed by atoms with E-state index in [1.807, 2.05) is 0 Å². The molecule has 1 aromatic rings. The molecule has 0 aliphatic heterocycles. The van der Waals surface area contributed by atoms with Crippen molar-refractivity contribution in [2.24, 2.45) is 0 Å². The molecular weight excluding hydrogens is 257 g/mol. The maximum Gasteiger partial charge on any atom is 0.471 e. The van der Waals surface area contributed by atoms with Crippen LogP contribution >= 0.6 is 0 Å². The lowest BCUT2D eigenvalue weighted by molar-refractivity contribution is -0.174. The molecule has 0 saturated carbocycles. The Hall–Kier alpha value is -1.66. The Morgan fingerprint density at radius 2 is 1.78 bits per heavy atom. The molecule has 1 atom stereocenters. The summed E-state index contributed by atoms with van der Waals surface area (Å²) >= 11 is 0. The minimum absolute atomic E-state index is 0.354. The van der Waals surface area contributed by atoms with E-state index < -0.39 is 29.8 Å². The van der Waals surface area contributed by atoms with Gasteiger partial charge in [0.2, 0.25) is 0 Å². The monoisotopic (exact) mass is 267 g/mol. The van der Waals surface area contributed by atoms with Gasteiger partial charge in [0.1, 0.15) is 11.6 Å². The minimum atomic E-state index is -5.01. The van der Waals surface area contributed by atoms with E-state index in [9.17, 15) is 26.7 Å². The maximum atomic E-state index is 13.2. The molecule has 0 aliphatic rings. The van der Waals surface area contributed by atoms with Crippen molar-refractivity contribution in [2.75, 3.05) is 0 Å². The zero-order chi connectivity index (χ0) is 13.9. The van der Waals surface area contributed by atoms with Gasteiger partial charge in [0.15, 0.2) is 0 Å². The van der Waals surface area contributed by atoms with Crippen molar-refractivity contribution >= 4 is 5.91 Å². The van der Waals surface area contributed by atoms with Crippen molar-refractivity contribution in [3.05, 3.63) is 35.4 Å². The summed E-state index contributed by atoms with van der Waals surface area (Å²) in [6, 6.07) is 2.10. The number of alkyl halides is 3. The van der Waals surface area contributed by atoms with E-state index in [-0.39, 0.29) is 12.0 Å². The Bertz CT molecular complexity index is 423. The van der Waals surface area contributed by atoms with Gasteiger partial charge in [-0.25, -0.2) is 8.78 Å². The van der Waals surface area contributed by atoms with Crippen LogP contribution in [0.1, 0.15) is 12.5 Å². The lowest BCUT2D eigenvalue weighted by atomic mass is 10.1. The number of nitrogens with one attached hydrogen (secondary N) is 1. The van der Waals surface area contributed by atoms with Gasteiger partial charge >= 0.3 is 12.1 Å². The summed E-state index contributed by atoms with van der Waals surface area (Å²) in [5.41, 5.74) is -0.354. The summed E-state index contributed by atoms with van der Waals surface area (Å²) in [7, 11) is 0. The van der Waals surface area contributed by atoms with E-state index in [1.54, 1.807) is 5.32 Å². The first kappa shape index (κ1) is 14.4. The highest BCUT2D eigenvalue weighted by molar-refractivity contribution is 5.81. The van der Waals surface area contributed by atoms with Crippen molar-refractivity contribution in [2.45, 2.75) is 25.6 Å². The Labute approximate surface area is 99.8 Å². The van der Waals surface area contributed by atoms with Gasteiger partial charge in [0.25, 0.3) is 0 Å². The van der Waals surface area contributed by atoms with E-state index in [4.69, 9.17) is 0 Å². The number of carbonyl (C=O) groups is 1. The summed E-state index contributed by atoms with van der Waals surface area (Å²) in [4.78, 5) is 10.6. The predicted molar refractivity (Wildman–Crippen MR) is 53.7 cm³/mol. The Kier molecular flexibility index (Phi) is 4.26. The van der Waals surface area contributed by atoms with Gasteiger partial charge in [-0.3, -0.25) is 4.79 Å². The second-order valence-electron chi connectivity index (χ2n) is 3.78. The van der Waals surface area contributed by atoms with E-state index in [1.165, 1.54) is 6.92 Å². The zero-order valence-electron chi connectivity index (χ0n) is 9.31. The van der Waals surface area contributed by atoms with Crippen LogP contribution in [0.5, 0.6) is 0 Å². The topological polar surface area (TPSA) is 29.1 Å². The fraction of sp³-hybridized carbons (Fsp3) is 0.364. The van der Waals surface area contributed by atoms with Gasteiger partial charge in [-0.1, -0.05) is 6.07 Å². The second-order valence-corrected chi connectivity index (χ2v) is 3.78. The number of amides is 1. The number of hydrogen-bond donors (Lipinski definition) is 1. The van der Waals surface area contributed by atoms with Gasteiger partial charge in [-0.15, -0.1) is 0 Å². The molecule has 0 saturated heterocycles. The van der Waals surface area contributed by atoms with Crippen molar-refractivity contribution in [3.8, 4) is 0 Å². The first-order valence-electron chi connectivity index (χ1n) is 5.02. The predicted octanol–water partition coefficient (Wildman–Crippen LogP) is 2.57. The Morgan fingerprint density at radius 3 is 2.22 bits per heavy atom. The standard InChI is InChI=1S/C11H10F5NO/c1-6(17-10(18)11(14,15)16)5-7-8(12)3-2-4-9(7)13/h2-4,6H,5H2,1H3,(H,17,18). The molecule has 0 heterocycles. The average molecular weight is 267 g/mol. The molecule has 18 heavy (non-hydrogen) atoms. The molecule has 0 aromatic heterocycles. The molecule has 0 spiro atoms. The summed E-state index contributed by atoms with van der Waals surface area (Å²) in [5.74, 6) is -3.85. The summed E-state index contributed by atoms with van der Waals surface area (Å²) in [5, 5.41) is 1.63. The molecule has 100 valence electrons. The largest absolute Gasteiger partial charge is 0.471 e. The van der Waals surface area contributed by atoms with Crippen LogP contribution in [-0.4, -0.2) is 18.1 Å². The van der Waals surface area contributed by atoms with Crippen LogP contribution in [0.4, 0.5) is 22.0 Å². The number of hydrogen-bond acceptors (Lipinski definition) is 1. The first-order valence-corrected chi connectivity index (χ1v) is 5.02. The highest BCUT2D eigenvalue weighted by Crippen LogP contribution is 2.17. The normalized spacial score (nSPS) is 13.2. The molecule has 2 nitrogen and oxygen atoms in total. The zero-order valence-corrected chi connectivity index (χ0v) is 9.31. The highest BCUT2D eigenvalue weighted by Gasteiger charge is 2.39. The van der Waals surface area contributed by atoms with Crippen LogP contribution < -0.4 is 5.32 Å². The molecule has 0 fully saturated rings. The molecule has 1 rings (SSSR count). The van der Waals surface area contributed by atoms with E-state index in [0.717, 1.165) is 18.2 Å². The third kappa shape index (κ3) is 3.68. The third-order valence-electron chi connectivity index (χ3n) is 2.21. The van der Waals surface area contributed by atoms with Crippen molar-refractivity contribution in [1.82, 2.24) is 5.32 Å². The van der Waals surface area contributed by atoms with Gasteiger partial charge in [-0.2, -0.15) is 13.2 Å². The fourth-order valence-electron chi connectivity index (χ4n) is 1.39. The molecule has 1 unspecified atom stereocenters. The van der Waals surface area contributed by atoms with Gasteiger partial charge < -0.3 is 5.32 Å². The summed E-state index contributed by atoms with van der Waals surface area (Å²) < 4.78 is 62.3. The Balaban J connectivity index is 2.71. The first-order chi connectivity index (χ1) is 8.21. The fourth-order valence-corrected chi connectivity index (χ4v) is 1.39. The molecular formula is C11H10F5NO. The molecule has 0 radical (unpaired) electrons. The van der Waals surface area contributed by atoms with Crippen LogP contribution in [0, 0.1) is 11.6 Å². The number of benzene rings is 1. The molecule has 7 heteroatoms. The quantitative estimate of drug-likeness (QED) is 0.838. The minimum Gasteiger partial charge on any atom is -0.345 e. The number of halogens is 5. The van der Waals surface area contributed by atoms with Gasteiger partial charge in [-0.05, 0) is 25.5 Å². The number of carbonyl (C=O) groups excluding carboxylic acids is 1. The summed E-state index contributed by atoms with van der Waals surface area (Å²) in [6.45, 7) is 1.23. The SMILES string of the molecule is CC(Cc1c(F)cccc1F)NC(=O)C(F)(F)F. The van der Waals surface area contributed by atoms with Crippen LogP contribution in [-0.2, 0) is 11.2 Å². The van der Waals surface area contributed by atoms with Crippen LogP contribution in [0.25, 0.3) is 0 Å². The number of rotatable bonds is 3. The van der Waals surface area contributed by atoms with Crippen LogP contribution in [0.15, 0.2) is 18.2 Å². The Morgan fingerprint density at radius 1 is 1.28 bits per heavy atom. The lowest BCUT2D eigenvalue weighted by Crippen LogP contribution is -2.42. The van der Waals surface area contributed by atoms with Crippen LogP contribution in [0.3, 0.4) is 0 Å². The van der Waals surface area contributed by atoms with Gasteiger partial charge in [0, 0.05) is 11.6 Å². The smallest absolute Gasteiger partial charge is 0.345 e. The molecule has 1 N–H and O–H groups in total. The molecule has 0 aliphatic carbocycles. The molecule has 1 amide bonds. The van der Waals surface area contributed by atoms with Crippen molar-refractivity contribution in [3.63, 3.8) is 0 Å². The van der Waals surface area contributed by atoms with Crippen LogP contribution in [0.2, 0.25) is 0 Å². The van der Waals surface area contributed by atoms with E-state index in [0.29, 0.717) is 0 Å². The summed E-state index contributed by atoms with van der Waals surface area (Å²) in [6.07, 6.45) is -5.37. The average Bonchev–Trinajstić information content (AvgIpc) is 2.22. The highest BCUT2D eigenvalue weighted by atomic mass is 19.4. The second kappa shape index (κ2) is 5.32. The maximum absolute atomic E-state index is 13.2. The van der Waals surface area contributed by atoms with Gasteiger partial charge in [0.05, 0.1) is 0 Å². The van der Waals surface area contributed by atoms with E-state index >= 15 is 0 Å². The molecule has 0 bridgehead atoms. The third-order valence-corrected chi connectivity index (χ3v) is 2.21.